The number of phenols is 1. The minimum atomic E-state index is -0.447. The number of benzene rings is 2. The van der Waals surface area contributed by atoms with Crippen LogP contribution in [0.5, 0.6) is 28.7 Å². The molecule has 3 heterocycles. The third kappa shape index (κ3) is 3.25. The molecule has 2 aromatic carbocycles. The first-order valence-corrected chi connectivity index (χ1v) is 12.3. The fourth-order valence-corrected chi connectivity index (χ4v) is 7.09. The van der Waals surface area contributed by atoms with Gasteiger partial charge in [0.05, 0.1) is 26.7 Å². The number of esters is 1. The average molecular weight is 501 g/mol. The molecule has 1 aromatic heterocycles. The maximum atomic E-state index is 13.1. The monoisotopic (exact) mass is 500 g/mol. The Balaban J connectivity index is 1.57. The number of nitrogens with zero attached hydrogens (tertiary/aromatic N) is 2. The molecule has 2 aliphatic heterocycles. The van der Waals surface area contributed by atoms with Gasteiger partial charge in [0.15, 0.2) is 27.3 Å². The number of carbonyl (C=O) groups excluding carboxylic acids is 1. The molecule has 0 radical (unpaired) electrons. The van der Waals surface area contributed by atoms with Gasteiger partial charge in [-0.2, -0.15) is 0 Å². The Morgan fingerprint density at radius 3 is 2.41 bits per heavy atom. The SMILES string of the molecule is COc1cc([C@@H]2c3cc4c(cc3[C@@H](Sc3nncs3)[C@H]3COC(=O)[C@H]23)OCO4)cc(OC)c1O. The highest BCUT2D eigenvalue weighted by molar-refractivity contribution is 8.01. The van der Waals surface area contributed by atoms with Crippen LogP contribution in [0.15, 0.2) is 34.1 Å². The number of aromatic nitrogens is 2. The summed E-state index contributed by atoms with van der Waals surface area (Å²) in [6.45, 7) is 0.448. The van der Waals surface area contributed by atoms with Crippen molar-refractivity contribution in [3.05, 3.63) is 46.5 Å². The molecule has 0 amide bonds. The maximum Gasteiger partial charge on any atom is 0.310 e. The van der Waals surface area contributed by atoms with Crippen molar-refractivity contribution in [2.45, 2.75) is 15.5 Å². The van der Waals surface area contributed by atoms with Gasteiger partial charge in [-0.05, 0) is 41.0 Å². The number of fused-ring (bicyclic) bond motifs is 3. The van der Waals surface area contributed by atoms with E-state index in [0.717, 1.165) is 21.0 Å². The highest BCUT2D eigenvalue weighted by atomic mass is 32.2. The standard InChI is InChI=1S/C23H20N2O7S2/c1-28-16-3-10(4-17(29-2)20(16)26)18-11-5-14-15(32-9-31-14)6-12(11)21(34-23-25-24-8-33-23)13-7-30-22(27)19(13)18/h3-6,8,13,18-19,21,26H,7,9H2,1-2H3/t13-,18+,19-,21+/m0/s1. The van der Waals surface area contributed by atoms with Gasteiger partial charge in [0.25, 0.3) is 0 Å². The minimum Gasteiger partial charge on any atom is -0.502 e. The zero-order valence-corrected chi connectivity index (χ0v) is 19.9. The number of methoxy groups -OCH3 is 2. The Bertz CT molecular complexity index is 1240. The molecule has 9 nitrogen and oxygen atoms in total. The van der Waals surface area contributed by atoms with Crippen LogP contribution in [0.4, 0.5) is 0 Å². The molecule has 1 saturated heterocycles. The predicted octanol–water partition coefficient (Wildman–Crippen LogP) is 3.76. The van der Waals surface area contributed by atoms with E-state index in [-0.39, 0.29) is 47.1 Å². The smallest absolute Gasteiger partial charge is 0.310 e. The number of rotatable bonds is 5. The molecule has 3 aliphatic rings. The van der Waals surface area contributed by atoms with E-state index >= 15 is 0 Å². The molecule has 3 aromatic rings. The van der Waals surface area contributed by atoms with E-state index in [1.165, 1.54) is 25.6 Å². The number of phenolic OH excluding ortho intramolecular Hbond substituents is 1. The summed E-state index contributed by atoms with van der Waals surface area (Å²) < 4.78 is 28.6. The van der Waals surface area contributed by atoms with Crippen molar-refractivity contribution in [3.8, 4) is 28.7 Å². The molecule has 4 atom stereocenters. The summed E-state index contributed by atoms with van der Waals surface area (Å²) in [5.74, 6) is 0.574. The molecule has 0 saturated carbocycles. The minimum absolute atomic E-state index is 0.0916. The summed E-state index contributed by atoms with van der Waals surface area (Å²) in [4.78, 5) is 13.1. The molecular weight excluding hydrogens is 480 g/mol. The van der Waals surface area contributed by atoms with Gasteiger partial charge < -0.3 is 28.8 Å². The summed E-state index contributed by atoms with van der Waals surface area (Å²) in [6, 6.07) is 7.44. The van der Waals surface area contributed by atoms with Crippen LogP contribution in [-0.4, -0.2) is 48.9 Å². The van der Waals surface area contributed by atoms with E-state index in [0.29, 0.717) is 18.1 Å². The van der Waals surface area contributed by atoms with E-state index in [1.807, 2.05) is 12.1 Å². The normalized spacial score (nSPS) is 24.4. The van der Waals surface area contributed by atoms with E-state index in [1.54, 1.807) is 29.4 Å². The van der Waals surface area contributed by atoms with Gasteiger partial charge in [0, 0.05) is 17.1 Å². The van der Waals surface area contributed by atoms with Crippen LogP contribution in [0.25, 0.3) is 0 Å². The van der Waals surface area contributed by atoms with Crippen molar-refractivity contribution >= 4 is 29.1 Å². The maximum absolute atomic E-state index is 13.1. The Labute approximate surface area is 203 Å². The second kappa shape index (κ2) is 8.24. The number of ether oxygens (including phenoxy) is 5. The second-order valence-corrected chi connectivity index (χ2v) is 10.4. The molecule has 0 unspecified atom stereocenters. The Hall–Kier alpha value is -3.18. The highest BCUT2D eigenvalue weighted by Crippen LogP contribution is 2.59. The fraction of sp³-hybridized carbons (Fsp3) is 0.348. The third-order valence-electron chi connectivity index (χ3n) is 6.55. The zero-order valence-electron chi connectivity index (χ0n) is 18.2. The van der Waals surface area contributed by atoms with Crippen LogP contribution in [0.1, 0.15) is 27.9 Å². The number of aromatic hydroxyl groups is 1. The van der Waals surface area contributed by atoms with Gasteiger partial charge in [-0.3, -0.25) is 4.79 Å². The van der Waals surface area contributed by atoms with Crippen molar-refractivity contribution in [1.82, 2.24) is 10.2 Å². The van der Waals surface area contributed by atoms with Crippen molar-refractivity contribution in [2.24, 2.45) is 11.8 Å². The van der Waals surface area contributed by atoms with E-state index in [2.05, 4.69) is 10.2 Å². The summed E-state index contributed by atoms with van der Waals surface area (Å²) in [7, 11) is 2.96. The largest absolute Gasteiger partial charge is 0.502 e. The molecule has 34 heavy (non-hydrogen) atoms. The highest BCUT2D eigenvalue weighted by Gasteiger charge is 2.53. The van der Waals surface area contributed by atoms with Crippen LogP contribution in [0.2, 0.25) is 0 Å². The third-order valence-corrected chi connectivity index (χ3v) is 8.75. The Morgan fingerprint density at radius 2 is 1.76 bits per heavy atom. The van der Waals surface area contributed by atoms with Gasteiger partial charge in [0.1, 0.15) is 5.51 Å². The van der Waals surface area contributed by atoms with E-state index in [9.17, 15) is 9.90 Å². The number of hydrogen-bond donors (Lipinski definition) is 1. The Morgan fingerprint density at radius 1 is 1.06 bits per heavy atom. The molecule has 176 valence electrons. The van der Waals surface area contributed by atoms with Crippen LogP contribution >= 0.6 is 23.1 Å². The first-order valence-electron chi connectivity index (χ1n) is 10.6. The summed E-state index contributed by atoms with van der Waals surface area (Å²) in [5.41, 5.74) is 4.43. The zero-order chi connectivity index (χ0) is 23.4. The lowest BCUT2D eigenvalue weighted by Crippen LogP contribution is -2.33. The molecule has 0 bridgehead atoms. The number of hydrogen-bond acceptors (Lipinski definition) is 11. The first-order chi connectivity index (χ1) is 16.6. The van der Waals surface area contributed by atoms with Crippen LogP contribution in [0.3, 0.4) is 0 Å². The average Bonchev–Trinajstić information content (AvgIpc) is 3.60. The lowest BCUT2D eigenvalue weighted by atomic mass is 9.67. The molecular formula is C23H20N2O7S2. The second-order valence-electron chi connectivity index (χ2n) is 8.15. The lowest BCUT2D eigenvalue weighted by molar-refractivity contribution is -0.141. The molecule has 1 N–H and O–H groups in total. The number of thioether (sulfide) groups is 1. The topological polar surface area (TPSA) is 109 Å². The van der Waals surface area contributed by atoms with Gasteiger partial charge in [-0.1, -0.05) is 23.1 Å². The Kier molecular flexibility index (Phi) is 5.18. The summed E-state index contributed by atoms with van der Waals surface area (Å²) in [5, 5.41) is 18.5. The number of carbonyl (C=O) groups is 1. The quantitative estimate of drug-likeness (QED) is 0.520. The fourth-order valence-electron chi connectivity index (χ4n) is 5.08. The lowest BCUT2D eigenvalue weighted by Gasteiger charge is -2.38. The van der Waals surface area contributed by atoms with Crippen molar-refractivity contribution in [2.75, 3.05) is 27.6 Å². The molecule has 0 spiro atoms. The van der Waals surface area contributed by atoms with Crippen molar-refractivity contribution in [3.63, 3.8) is 0 Å². The molecule has 1 fully saturated rings. The number of cyclic esters (lactones) is 1. The van der Waals surface area contributed by atoms with Crippen molar-refractivity contribution in [1.29, 1.82) is 0 Å². The van der Waals surface area contributed by atoms with Crippen LogP contribution < -0.4 is 18.9 Å². The van der Waals surface area contributed by atoms with Gasteiger partial charge >= 0.3 is 5.97 Å². The predicted molar refractivity (Wildman–Crippen MR) is 122 cm³/mol. The summed E-state index contributed by atoms with van der Waals surface area (Å²) in [6.07, 6.45) is 0. The van der Waals surface area contributed by atoms with Crippen LogP contribution in [-0.2, 0) is 9.53 Å². The van der Waals surface area contributed by atoms with Gasteiger partial charge in [-0.25, -0.2) is 0 Å². The van der Waals surface area contributed by atoms with Crippen molar-refractivity contribution < 1.29 is 33.6 Å². The van der Waals surface area contributed by atoms with Gasteiger partial charge in [0.2, 0.25) is 12.5 Å². The van der Waals surface area contributed by atoms with Gasteiger partial charge in [-0.15, -0.1) is 10.2 Å². The van der Waals surface area contributed by atoms with Crippen LogP contribution in [0, 0.1) is 11.8 Å². The molecule has 11 heteroatoms. The molecule has 1 aliphatic carbocycles. The molecule has 6 rings (SSSR count). The van der Waals surface area contributed by atoms with E-state index in [4.69, 9.17) is 23.7 Å². The first kappa shape index (κ1) is 21.4. The van der Waals surface area contributed by atoms with E-state index < -0.39 is 5.92 Å². The summed E-state index contributed by atoms with van der Waals surface area (Å²) >= 11 is 3.04.